The van der Waals surface area contributed by atoms with Crippen molar-refractivity contribution in [3.63, 3.8) is 0 Å². The highest BCUT2D eigenvalue weighted by Crippen LogP contribution is 2.24. The molecule has 0 fully saturated rings. The van der Waals surface area contributed by atoms with Crippen molar-refractivity contribution >= 4 is 29.6 Å². The zero-order valence-corrected chi connectivity index (χ0v) is 17.2. The molecule has 1 aliphatic rings. The van der Waals surface area contributed by atoms with Gasteiger partial charge in [0.05, 0.1) is 31.0 Å². The average molecular weight is 442 g/mol. The predicted octanol–water partition coefficient (Wildman–Crippen LogP) is 0.472. The Labute approximate surface area is 180 Å². The lowest BCUT2D eigenvalue weighted by Crippen LogP contribution is -2.37. The van der Waals surface area contributed by atoms with Crippen molar-refractivity contribution in [1.29, 1.82) is 0 Å². The summed E-state index contributed by atoms with van der Waals surface area (Å²) >= 11 is 0. The molecule has 2 amide bonds. The van der Waals surface area contributed by atoms with Crippen LogP contribution in [0.5, 0.6) is 0 Å². The molecule has 0 saturated carbocycles. The molecule has 4 heterocycles. The standard InChI is InChI=1S/C20H19FN6O5/c1-11(10-32-2)25-7-14-18(20(25)31)26(17-5-13(9-28)24-27(17)19(14)30)8-16(29)23-15-4-3-12(21)6-22-15/h3-6,9,11H,7-8,10H2,1-2H3,(H,22,23,29). The minimum Gasteiger partial charge on any atom is -0.383 e. The van der Waals surface area contributed by atoms with Crippen molar-refractivity contribution in [3.05, 3.63) is 57.5 Å². The van der Waals surface area contributed by atoms with Crippen LogP contribution in [0.3, 0.4) is 0 Å². The maximum Gasteiger partial charge on any atom is 0.280 e. The predicted molar refractivity (Wildman–Crippen MR) is 109 cm³/mol. The van der Waals surface area contributed by atoms with Gasteiger partial charge in [0.1, 0.15) is 35.2 Å². The number of hydrogen-bond donors (Lipinski definition) is 1. The molecule has 11 nitrogen and oxygen atoms in total. The van der Waals surface area contributed by atoms with E-state index in [4.69, 9.17) is 4.74 Å². The fourth-order valence-electron chi connectivity index (χ4n) is 3.68. The fraction of sp³-hybridized carbons (Fsp3) is 0.300. The summed E-state index contributed by atoms with van der Waals surface area (Å²) in [5.41, 5.74) is -0.228. The van der Waals surface area contributed by atoms with Crippen LogP contribution >= 0.6 is 0 Å². The first-order valence-corrected chi connectivity index (χ1v) is 9.66. The molecule has 0 aromatic carbocycles. The third-order valence-electron chi connectivity index (χ3n) is 5.14. The van der Waals surface area contributed by atoms with E-state index in [2.05, 4.69) is 15.4 Å². The van der Waals surface area contributed by atoms with Crippen LogP contribution in [0.25, 0.3) is 5.65 Å². The van der Waals surface area contributed by atoms with Gasteiger partial charge in [-0.2, -0.15) is 9.61 Å². The highest BCUT2D eigenvalue weighted by molar-refractivity contribution is 5.99. The van der Waals surface area contributed by atoms with E-state index in [1.54, 1.807) is 6.92 Å². The summed E-state index contributed by atoms with van der Waals surface area (Å²) in [6.07, 6.45) is 1.43. The second-order valence-corrected chi connectivity index (χ2v) is 7.32. The lowest BCUT2D eigenvalue weighted by molar-refractivity contribution is -0.116. The summed E-state index contributed by atoms with van der Waals surface area (Å²) in [6.45, 7) is 1.69. The summed E-state index contributed by atoms with van der Waals surface area (Å²) in [5.74, 6) is -1.44. The summed E-state index contributed by atoms with van der Waals surface area (Å²) < 4.78 is 20.5. The van der Waals surface area contributed by atoms with Gasteiger partial charge in [0, 0.05) is 13.2 Å². The molecule has 0 spiro atoms. The molecule has 0 saturated heterocycles. The van der Waals surface area contributed by atoms with Gasteiger partial charge in [-0.3, -0.25) is 19.2 Å². The number of nitrogens with zero attached hydrogens (tertiary/aromatic N) is 5. The second kappa shape index (κ2) is 8.30. The normalized spacial score (nSPS) is 14.0. The van der Waals surface area contributed by atoms with Crippen LogP contribution in [0, 0.1) is 5.82 Å². The Morgan fingerprint density at radius 1 is 1.38 bits per heavy atom. The lowest BCUT2D eigenvalue weighted by atomic mass is 10.2. The maximum absolute atomic E-state index is 13.2. The first-order chi connectivity index (χ1) is 15.3. The van der Waals surface area contributed by atoms with E-state index >= 15 is 0 Å². The molecular weight excluding hydrogens is 423 g/mol. The third kappa shape index (κ3) is 3.64. The van der Waals surface area contributed by atoms with E-state index in [1.165, 1.54) is 28.7 Å². The number of fused-ring (bicyclic) bond motifs is 2. The Morgan fingerprint density at radius 3 is 2.81 bits per heavy atom. The second-order valence-electron chi connectivity index (χ2n) is 7.32. The summed E-state index contributed by atoms with van der Waals surface area (Å²) in [6, 6.07) is 3.44. The van der Waals surface area contributed by atoms with E-state index in [9.17, 15) is 23.6 Å². The van der Waals surface area contributed by atoms with Gasteiger partial charge in [0.2, 0.25) is 5.91 Å². The number of aldehydes is 1. The molecule has 1 N–H and O–H groups in total. The largest absolute Gasteiger partial charge is 0.383 e. The SMILES string of the molecule is COCC(C)N1Cc2c(n(CC(=O)Nc3ccc(F)cn3)c3cc(C=O)nn3c2=O)C1=O. The molecule has 1 aliphatic heterocycles. The first kappa shape index (κ1) is 21.3. The van der Waals surface area contributed by atoms with Crippen LogP contribution < -0.4 is 10.9 Å². The van der Waals surface area contributed by atoms with Crippen molar-refractivity contribution in [2.45, 2.75) is 26.1 Å². The van der Waals surface area contributed by atoms with Crippen LogP contribution in [-0.4, -0.2) is 61.9 Å². The Balaban J connectivity index is 1.78. The lowest BCUT2D eigenvalue weighted by Gasteiger charge is -2.23. The van der Waals surface area contributed by atoms with E-state index in [0.29, 0.717) is 6.29 Å². The van der Waals surface area contributed by atoms with Gasteiger partial charge in [-0.1, -0.05) is 0 Å². The van der Waals surface area contributed by atoms with Crippen molar-refractivity contribution < 1.29 is 23.5 Å². The quantitative estimate of drug-likeness (QED) is 0.527. The number of ether oxygens (including phenoxy) is 1. The van der Waals surface area contributed by atoms with Crippen LogP contribution in [0.15, 0.2) is 29.2 Å². The molecule has 166 valence electrons. The zero-order chi connectivity index (χ0) is 23.0. The molecule has 1 atom stereocenters. The highest BCUT2D eigenvalue weighted by Gasteiger charge is 2.37. The Kier molecular flexibility index (Phi) is 5.53. The molecular formula is C20H19FN6O5. The zero-order valence-electron chi connectivity index (χ0n) is 17.2. The van der Waals surface area contributed by atoms with E-state index < -0.39 is 23.2 Å². The minimum atomic E-state index is -0.568. The number of aromatic nitrogens is 4. The number of amides is 2. The Hall–Kier alpha value is -3.93. The first-order valence-electron chi connectivity index (χ1n) is 9.66. The smallest absolute Gasteiger partial charge is 0.280 e. The molecule has 12 heteroatoms. The highest BCUT2D eigenvalue weighted by atomic mass is 19.1. The molecule has 1 unspecified atom stereocenters. The summed E-state index contributed by atoms with van der Waals surface area (Å²) in [5, 5.41) is 6.49. The van der Waals surface area contributed by atoms with Gasteiger partial charge >= 0.3 is 0 Å². The molecule has 0 bridgehead atoms. The molecule has 3 aromatic rings. The number of nitrogens with one attached hydrogen (secondary N) is 1. The van der Waals surface area contributed by atoms with Crippen molar-refractivity contribution in [1.82, 2.24) is 24.1 Å². The van der Waals surface area contributed by atoms with Crippen molar-refractivity contribution in [2.75, 3.05) is 19.0 Å². The average Bonchev–Trinajstić information content (AvgIpc) is 3.35. The number of carbonyl (C=O) groups is 3. The number of anilines is 1. The topological polar surface area (TPSA) is 128 Å². The minimum absolute atomic E-state index is 0.0165. The fourth-order valence-corrected chi connectivity index (χ4v) is 3.68. The van der Waals surface area contributed by atoms with Crippen LogP contribution in [0.4, 0.5) is 10.2 Å². The Morgan fingerprint density at radius 2 is 2.16 bits per heavy atom. The number of rotatable bonds is 7. The molecule has 4 rings (SSSR count). The molecule has 0 aliphatic carbocycles. The molecule has 0 radical (unpaired) electrons. The van der Waals surface area contributed by atoms with Crippen LogP contribution in [0.1, 0.15) is 33.5 Å². The van der Waals surface area contributed by atoms with Gasteiger partial charge in [0.25, 0.3) is 11.5 Å². The summed E-state index contributed by atoms with van der Waals surface area (Å²) in [7, 11) is 1.51. The Bertz CT molecular complexity index is 1280. The summed E-state index contributed by atoms with van der Waals surface area (Å²) in [4.78, 5) is 55.4. The number of carbonyl (C=O) groups excluding carboxylic acids is 3. The number of hydrogen-bond acceptors (Lipinski definition) is 7. The van der Waals surface area contributed by atoms with Crippen molar-refractivity contribution in [3.8, 4) is 0 Å². The van der Waals surface area contributed by atoms with Crippen LogP contribution in [-0.2, 0) is 22.6 Å². The van der Waals surface area contributed by atoms with Crippen LogP contribution in [0.2, 0.25) is 0 Å². The molecule has 3 aromatic heterocycles. The number of methoxy groups -OCH3 is 1. The number of halogens is 1. The van der Waals surface area contributed by atoms with E-state index in [-0.39, 0.29) is 54.2 Å². The van der Waals surface area contributed by atoms with Gasteiger partial charge in [-0.05, 0) is 19.1 Å². The van der Waals surface area contributed by atoms with Crippen molar-refractivity contribution in [2.24, 2.45) is 0 Å². The monoisotopic (exact) mass is 442 g/mol. The van der Waals surface area contributed by atoms with Gasteiger partial charge in [0.15, 0.2) is 6.29 Å². The van der Waals surface area contributed by atoms with E-state index in [0.717, 1.165) is 16.8 Å². The molecule has 32 heavy (non-hydrogen) atoms. The third-order valence-corrected chi connectivity index (χ3v) is 5.14. The maximum atomic E-state index is 13.2. The van der Waals surface area contributed by atoms with Gasteiger partial charge < -0.3 is 19.5 Å². The van der Waals surface area contributed by atoms with E-state index in [1.807, 2.05) is 0 Å². The van der Waals surface area contributed by atoms with Gasteiger partial charge in [-0.15, -0.1) is 0 Å². The number of pyridine rings is 1. The van der Waals surface area contributed by atoms with Gasteiger partial charge in [-0.25, -0.2) is 9.37 Å².